The van der Waals surface area contributed by atoms with Gasteiger partial charge in [0, 0.05) is 17.7 Å². The van der Waals surface area contributed by atoms with Crippen molar-refractivity contribution in [3.63, 3.8) is 0 Å². The Balaban J connectivity index is 2.06. The molecule has 32 heavy (non-hydrogen) atoms. The molecular weight excluding hydrogens is 439 g/mol. The lowest BCUT2D eigenvalue weighted by molar-refractivity contribution is -0.385. The van der Waals surface area contributed by atoms with Crippen LogP contribution in [0.25, 0.3) is 0 Å². The number of nitro groups is 1. The molecule has 0 aliphatic carbocycles. The Labute approximate surface area is 184 Å². The maximum Gasteiger partial charge on any atom is 0.309 e. The van der Waals surface area contributed by atoms with Crippen molar-refractivity contribution < 1.29 is 27.3 Å². The van der Waals surface area contributed by atoms with Crippen molar-refractivity contribution >= 4 is 27.4 Å². The summed E-state index contributed by atoms with van der Waals surface area (Å²) in [5.74, 6) is -1.04. The van der Waals surface area contributed by atoms with E-state index in [-0.39, 0.29) is 34.8 Å². The Morgan fingerprint density at radius 3 is 2.38 bits per heavy atom. The average molecular weight is 458 g/mol. The fourth-order valence-electron chi connectivity index (χ4n) is 3.00. The second-order valence-corrected chi connectivity index (χ2v) is 8.64. The van der Waals surface area contributed by atoms with Crippen LogP contribution in [0, 0.1) is 15.9 Å². The lowest BCUT2D eigenvalue weighted by atomic mass is 10.1. The number of non-ortho nitro benzene ring substituents is 1. The van der Waals surface area contributed by atoms with E-state index in [0.29, 0.717) is 5.56 Å². The summed E-state index contributed by atoms with van der Waals surface area (Å²) in [6, 6.07) is 16.5. The molecule has 0 N–H and O–H groups in total. The average Bonchev–Trinajstić information content (AvgIpc) is 2.79. The van der Waals surface area contributed by atoms with E-state index in [0.717, 1.165) is 10.4 Å². The molecule has 0 aliphatic rings. The lowest BCUT2D eigenvalue weighted by Gasteiger charge is -2.25. The number of sulfonamides is 1. The number of nitro benzene ring substituents is 1. The molecule has 3 rings (SSSR count). The third-order valence-corrected chi connectivity index (χ3v) is 6.46. The Hall–Kier alpha value is -3.79. The van der Waals surface area contributed by atoms with Gasteiger partial charge in [0.2, 0.25) is 0 Å². The highest BCUT2D eigenvalue weighted by Gasteiger charge is 2.27. The fourth-order valence-corrected chi connectivity index (χ4v) is 4.48. The molecule has 166 valence electrons. The van der Waals surface area contributed by atoms with Crippen LogP contribution in [0.3, 0.4) is 0 Å². The van der Waals surface area contributed by atoms with Gasteiger partial charge in [-0.15, -0.1) is 0 Å². The monoisotopic (exact) mass is 458 g/mol. The predicted molar refractivity (Wildman–Crippen MR) is 115 cm³/mol. The van der Waals surface area contributed by atoms with Crippen LogP contribution in [0.15, 0.2) is 77.7 Å². The SMILES string of the molecule is COC(=O)Cc1ccc(N(Cc2ccccc2F)S(=O)(=O)c2cccc([N+](=O)[O-])c2)cc1. The Morgan fingerprint density at radius 1 is 1.06 bits per heavy atom. The zero-order chi connectivity index (χ0) is 23.3. The molecule has 0 amide bonds. The number of ether oxygens (including phenoxy) is 1. The van der Waals surface area contributed by atoms with E-state index in [1.165, 1.54) is 55.6 Å². The van der Waals surface area contributed by atoms with Crippen molar-refractivity contribution in [3.05, 3.63) is 99.9 Å². The van der Waals surface area contributed by atoms with Gasteiger partial charge in [-0.05, 0) is 29.8 Å². The third kappa shape index (κ3) is 5.09. The third-order valence-electron chi connectivity index (χ3n) is 4.69. The first kappa shape index (κ1) is 22.9. The molecule has 0 heterocycles. The molecule has 3 aromatic carbocycles. The van der Waals surface area contributed by atoms with Crippen molar-refractivity contribution in [1.82, 2.24) is 0 Å². The van der Waals surface area contributed by atoms with Crippen molar-refractivity contribution in [2.24, 2.45) is 0 Å². The molecule has 10 heteroatoms. The maximum atomic E-state index is 14.3. The van der Waals surface area contributed by atoms with E-state index in [9.17, 15) is 27.7 Å². The number of carbonyl (C=O) groups excluding carboxylic acids is 1. The number of benzene rings is 3. The van der Waals surface area contributed by atoms with Crippen molar-refractivity contribution in [1.29, 1.82) is 0 Å². The van der Waals surface area contributed by atoms with E-state index in [4.69, 9.17) is 0 Å². The number of methoxy groups -OCH3 is 1. The minimum atomic E-state index is -4.30. The molecular formula is C22H19FN2O6S. The number of hydrogen-bond acceptors (Lipinski definition) is 6. The molecule has 0 saturated heterocycles. The van der Waals surface area contributed by atoms with Gasteiger partial charge in [-0.2, -0.15) is 0 Å². The van der Waals surface area contributed by atoms with Gasteiger partial charge in [0.05, 0.1) is 35.6 Å². The number of nitrogens with zero attached hydrogens (tertiary/aromatic N) is 2. The molecule has 0 bridgehead atoms. The predicted octanol–water partition coefficient (Wildman–Crippen LogP) is 3.84. The normalized spacial score (nSPS) is 11.1. The summed E-state index contributed by atoms with van der Waals surface area (Å²) in [7, 11) is -3.03. The summed E-state index contributed by atoms with van der Waals surface area (Å²) in [5, 5.41) is 11.1. The summed E-state index contributed by atoms with van der Waals surface area (Å²) in [5.41, 5.74) is 0.540. The topological polar surface area (TPSA) is 107 Å². The standard InChI is InChI=1S/C22H19FN2O6S/c1-31-22(26)13-16-9-11-18(12-10-16)24(15-17-5-2-3-8-21(17)23)32(29,30)20-7-4-6-19(14-20)25(27)28/h2-12,14H,13,15H2,1H3. The number of rotatable bonds is 8. The zero-order valence-corrected chi connectivity index (χ0v) is 17.8. The molecule has 0 fully saturated rings. The quantitative estimate of drug-likeness (QED) is 0.288. The van der Waals surface area contributed by atoms with Gasteiger partial charge in [0.25, 0.3) is 15.7 Å². The second-order valence-electron chi connectivity index (χ2n) is 6.78. The first-order chi connectivity index (χ1) is 15.2. The summed E-state index contributed by atoms with van der Waals surface area (Å²) in [6.45, 7) is -0.339. The van der Waals surface area contributed by atoms with Crippen LogP contribution in [0.1, 0.15) is 11.1 Å². The first-order valence-corrected chi connectivity index (χ1v) is 10.8. The minimum Gasteiger partial charge on any atom is -0.469 e. The van der Waals surface area contributed by atoms with Crippen LogP contribution in [0.4, 0.5) is 15.8 Å². The van der Waals surface area contributed by atoms with Crippen LogP contribution in [0.5, 0.6) is 0 Å². The Bertz CT molecular complexity index is 1250. The summed E-state index contributed by atoms with van der Waals surface area (Å²) in [6.07, 6.45) is 0.00171. The summed E-state index contributed by atoms with van der Waals surface area (Å²) >= 11 is 0. The van der Waals surface area contributed by atoms with E-state index in [1.807, 2.05) is 0 Å². The van der Waals surface area contributed by atoms with E-state index < -0.39 is 26.7 Å². The largest absolute Gasteiger partial charge is 0.469 e. The minimum absolute atomic E-state index is 0.00171. The molecule has 0 aliphatic heterocycles. The van der Waals surface area contributed by atoms with E-state index >= 15 is 0 Å². The van der Waals surface area contributed by atoms with Crippen LogP contribution >= 0.6 is 0 Å². The molecule has 0 radical (unpaired) electrons. The van der Waals surface area contributed by atoms with Crippen LogP contribution in [0.2, 0.25) is 0 Å². The first-order valence-electron chi connectivity index (χ1n) is 9.38. The number of hydrogen-bond donors (Lipinski definition) is 0. The number of esters is 1. The van der Waals surface area contributed by atoms with Gasteiger partial charge in [0.15, 0.2) is 0 Å². The summed E-state index contributed by atoms with van der Waals surface area (Å²) < 4.78 is 46.8. The highest BCUT2D eigenvalue weighted by Crippen LogP contribution is 2.29. The Kier molecular flexibility index (Phi) is 6.84. The van der Waals surface area contributed by atoms with Gasteiger partial charge in [0.1, 0.15) is 5.82 Å². The van der Waals surface area contributed by atoms with Crippen LogP contribution in [-0.4, -0.2) is 26.4 Å². The van der Waals surface area contributed by atoms with Gasteiger partial charge >= 0.3 is 5.97 Å². The van der Waals surface area contributed by atoms with Crippen LogP contribution in [-0.2, 0) is 32.5 Å². The lowest BCUT2D eigenvalue weighted by Crippen LogP contribution is -2.31. The molecule has 0 spiro atoms. The fraction of sp³-hybridized carbons (Fsp3) is 0.136. The highest BCUT2D eigenvalue weighted by atomic mass is 32.2. The highest BCUT2D eigenvalue weighted by molar-refractivity contribution is 7.92. The van der Waals surface area contributed by atoms with Crippen molar-refractivity contribution in [2.75, 3.05) is 11.4 Å². The van der Waals surface area contributed by atoms with E-state index in [2.05, 4.69) is 4.74 Å². The number of halogens is 1. The zero-order valence-electron chi connectivity index (χ0n) is 17.0. The van der Waals surface area contributed by atoms with Crippen molar-refractivity contribution in [3.8, 4) is 0 Å². The van der Waals surface area contributed by atoms with Gasteiger partial charge in [-0.1, -0.05) is 36.4 Å². The second kappa shape index (κ2) is 9.56. The van der Waals surface area contributed by atoms with Gasteiger partial charge in [-0.3, -0.25) is 19.2 Å². The van der Waals surface area contributed by atoms with Crippen LogP contribution < -0.4 is 4.31 Å². The van der Waals surface area contributed by atoms with Crippen molar-refractivity contribution in [2.45, 2.75) is 17.9 Å². The molecule has 0 unspecified atom stereocenters. The molecule has 0 atom stereocenters. The van der Waals surface area contributed by atoms with E-state index in [1.54, 1.807) is 18.2 Å². The van der Waals surface area contributed by atoms with Gasteiger partial charge < -0.3 is 4.74 Å². The maximum absolute atomic E-state index is 14.3. The molecule has 8 nitrogen and oxygen atoms in total. The van der Waals surface area contributed by atoms with Gasteiger partial charge in [-0.25, -0.2) is 12.8 Å². The number of carbonyl (C=O) groups is 1. The number of anilines is 1. The Morgan fingerprint density at radius 2 is 1.75 bits per heavy atom. The molecule has 3 aromatic rings. The smallest absolute Gasteiger partial charge is 0.309 e. The summed E-state index contributed by atoms with van der Waals surface area (Å²) in [4.78, 5) is 21.6. The molecule has 0 aromatic heterocycles. The molecule has 0 saturated carbocycles.